The van der Waals surface area contributed by atoms with E-state index in [1.54, 1.807) is 0 Å². The molecule has 1 saturated heterocycles. The fourth-order valence-electron chi connectivity index (χ4n) is 2.23. The standard InChI is InChI=1S/C13H14BrIN2OS/c14-11-4-3-9(15)6-10(11)13(18)17-5-1-2-8(7-17)12(16)19/h3-4,6,8H,1-2,5,7H2,(H2,16,19). The summed E-state index contributed by atoms with van der Waals surface area (Å²) in [5.74, 6) is 0.195. The van der Waals surface area contributed by atoms with Gasteiger partial charge in [-0.05, 0) is 69.6 Å². The first-order valence-corrected chi connectivity index (χ1v) is 8.30. The fourth-order valence-corrected chi connectivity index (χ4v) is 3.33. The van der Waals surface area contributed by atoms with Crippen molar-refractivity contribution < 1.29 is 4.79 Å². The Morgan fingerprint density at radius 3 is 2.95 bits per heavy atom. The maximum atomic E-state index is 12.5. The van der Waals surface area contributed by atoms with Crippen LogP contribution in [0.5, 0.6) is 0 Å². The Labute approximate surface area is 140 Å². The molecule has 0 saturated carbocycles. The number of carbonyl (C=O) groups excluding carboxylic acids is 1. The van der Waals surface area contributed by atoms with Crippen molar-refractivity contribution in [2.75, 3.05) is 13.1 Å². The van der Waals surface area contributed by atoms with Gasteiger partial charge in [0.2, 0.25) is 0 Å². The lowest BCUT2D eigenvalue weighted by Crippen LogP contribution is -2.43. The highest BCUT2D eigenvalue weighted by Crippen LogP contribution is 2.24. The van der Waals surface area contributed by atoms with Crippen molar-refractivity contribution in [1.82, 2.24) is 4.90 Å². The maximum Gasteiger partial charge on any atom is 0.255 e. The van der Waals surface area contributed by atoms with Gasteiger partial charge in [0.15, 0.2) is 0 Å². The van der Waals surface area contributed by atoms with Gasteiger partial charge in [-0.2, -0.15) is 0 Å². The summed E-state index contributed by atoms with van der Waals surface area (Å²) in [6.07, 6.45) is 1.93. The predicted octanol–water partition coefficient (Wildman–Crippen LogP) is 3.19. The molecule has 2 N–H and O–H groups in total. The Bertz CT molecular complexity index is 523. The zero-order valence-electron chi connectivity index (χ0n) is 10.2. The molecule has 0 aliphatic carbocycles. The van der Waals surface area contributed by atoms with Gasteiger partial charge in [0.25, 0.3) is 5.91 Å². The molecule has 1 aliphatic rings. The number of hydrogen-bond donors (Lipinski definition) is 1. The van der Waals surface area contributed by atoms with Crippen molar-refractivity contribution in [3.8, 4) is 0 Å². The summed E-state index contributed by atoms with van der Waals surface area (Å²) in [7, 11) is 0. The van der Waals surface area contributed by atoms with Gasteiger partial charge in [0, 0.05) is 27.1 Å². The first kappa shape index (κ1) is 15.2. The number of nitrogens with zero attached hydrogens (tertiary/aromatic N) is 1. The van der Waals surface area contributed by atoms with E-state index in [1.165, 1.54) is 0 Å². The van der Waals surface area contributed by atoms with Gasteiger partial charge in [-0.1, -0.05) is 12.2 Å². The molecule has 1 atom stereocenters. The second kappa shape index (κ2) is 6.49. The van der Waals surface area contributed by atoms with Crippen LogP contribution < -0.4 is 5.73 Å². The summed E-state index contributed by atoms with van der Waals surface area (Å²) in [6.45, 7) is 1.40. The second-order valence-electron chi connectivity index (χ2n) is 4.62. The van der Waals surface area contributed by atoms with Gasteiger partial charge in [-0.3, -0.25) is 4.79 Å². The number of hydrogen-bond acceptors (Lipinski definition) is 2. The number of amides is 1. The monoisotopic (exact) mass is 452 g/mol. The zero-order chi connectivity index (χ0) is 14.0. The van der Waals surface area contributed by atoms with Gasteiger partial charge in [-0.15, -0.1) is 0 Å². The highest BCUT2D eigenvalue weighted by atomic mass is 127. The van der Waals surface area contributed by atoms with Crippen LogP contribution in [0.4, 0.5) is 0 Å². The lowest BCUT2D eigenvalue weighted by molar-refractivity contribution is 0.0702. The number of carbonyl (C=O) groups is 1. The number of rotatable bonds is 2. The van der Waals surface area contributed by atoms with Crippen molar-refractivity contribution in [3.05, 3.63) is 31.8 Å². The van der Waals surface area contributed by atoms with Crippen LogP contribution in [0.1, 0.15) is 23.2 Å². The molecule has 1 fully saturated rings. The molecular weight excluding hydrogens is 439 g/mol. The third-order valence-electron chi connectivity index (χ3n) is 3.27. The van der Waals surface area contributed by atoms with Gasteiger partial charge >= 0.3 is 0 Å². The molecule has 2 rings (SSSR count). The summed E-state index contributed by atoms with van der Waals surface area (Å²) in [6, 6.07) is 5.77. The van der Waals surface area contributed by atoms with E-state index in [2.05, 4.69) is 38.5 Å². The van der Waals surface area contributed by atoms with Crippen molar-refractivity contribution in [2.24, 2.45) is 11.7 Å². The van der Waals surface area contributed by atoms with E-state index >= 15 is 0 Å². The van der Waals surface area contributed by atoms with E-state index in [4.69, 9.17) is 18.0 Å². The molecule has 0 aromatic heterocycles. The molecule has 1 aliphatic heterocycles. The molecule has 3 nitrogen and oxygen atoms in total. The van der Waals surface area contributed by atoms with E-state index in [0.717, 1.165) is 27.4 Å². The average Bonchev–Trinajstić information content (AvgIpc) is 2.41. The topological polar surface area (TPSA) is 46.3 Å². The third kappa shape index (κ3) is 3.66. The van der Waals surface area contributed by atoms with Crippen LogP contribution in [0.25, 0.3) is 0 Å². The van der Waals surface area contributed by atoms with Crippen LogP contribution in [0.3, 0.4) is 0 Å². The quantitative estimate of drug-likeness (QED) is 0.553. The van der Waals surface area contributed by atoms with Gasteiger partial charge in [0.1, 0.15) is 0 Å². The Morgan fingerprint density at radius 1 is 1.53 bits per heavy atom. The molecule has 1 aromatic carbocycles. The number of nitrogens with two attached hydrogens (primary N) is 1. The lowest BCUT2D eigenvalue weighted by atomic mass is 9.97. The Morgan fingerprint density at radius 2 is 2.26 bits per heavy atom. The van der Waals surface area contributed by atoms with Crippen LogP contribution in [-0.4, -0.2) is 28.9 Å². The van der Waals surface area contributed by atoms with Crippen LogP contribution in [0.2, 0.25) is 0 Å². The molecule has 1 aromatic rings. The summed E-state index contributed by atoms with van der Waals surface area (Å²) in [5.41, 5.74) is 6.41. The molecule has 1 heterocycles. The molecule has 0 bridgehead atoms. The van der Waals surface area contributed by atoms with Crippen molar-refractivity contribution in [2.45, 2.75) is 12.8 Å². The first-order valence-electron chi connectivity index (χ1n) is 6.02. The van der Waals surface area contributed by atoms with Crippen LogP contribution in [-0.2, 0) is 0 Å². The predicted molar refractivity (Wildman–Crippen MR) is 92.3 cm³/mol. The molecular formula is C13H14BrIN2OS. The molecule has 0 radical (unpaired) electrons. The van der Waals surface area contributed by atoms with Gasteiger partial charge in [0.05, 0.1) is 10.6 Å². The number of piperidine rings is 1. The highest BCUT2D eigenvalue weighted by molar-refractivity contribution is 14.1. The van der Waals surface area contributed by atoms with Crippen LogP contribution >= 0.6 is 50.7 Å². The minimum absolute atomic E-state index is 0.0475. The van der Waals surface area contributed by atoms with Crippen molar-refractivity contribution >= 4 is 61.6 Å². The number of benzene rings is 1. The van der Waals surface area contributed by atoms with E-state index < -0.39 is 0 Å². The SMILES string of the molecule is NC(=S)C1CCCN(C(=O)c2cc(I)ccc2Br)C1. The smallest absolute Gasteiger partial charge is 0.255 e. The Hall–Kier alpha value is -0.210. The van der Waals surface area contributed by atoms with Gasteiger partial charge in [-0.25, -0.2) is 0 Å². The summed E-state index contributed by atoms with van der Waals surface area (Å²) >= 11 is 10.7. The van der Waals surface area contributed by atoms with E-state index in [1.807, 2.05) is 23.1 Å². The average molecular weight is 453 g/mol. The summed E-state index contributed by atoms with van der Waals surface area (Å²) in [4.78, 5) is 14.9. The molecule has 19 heavy (non-hydrogen) atoms. The minimum Gasteiger partial charge on any atom is -0.393 e. The summed E-state index contributed by atoms with van der Waals surface area (Å²) in [5, 5.41) is 0. The highest BCUT2D eigenvalue weighted by Gasteiger charge is 2.26. The van der Waals surface area contributed by atoms with E-state index in [-0.39, 0.29) is 11.8 Å². The molecule has 0 spiro atoms. The largest absolute Gasteiger partial charge is 0.393 e. The lowest BCUT2D eigenvalue weighted by Gasteiger charge is -2.32. The maximum absolute atomic E-state index is 12.5. The number of halogens is 2. The van der Waals surface area contributed by atoms with E-state index in [9.17, 15) is 4.79 Å². The second-order valence-corrected chi connectivity index (χ2v) is 7.19. The van der Waals surface area contributed by atoms with Crippen molar-refractivity contribution in [3.63, 3.8) is 0 Å². The number of likely N-dealkylation sites (tertiary alicyclic amines) is 1. The molecule has 1 amide bonds. The Kier molecular flexibility index (Phi) is 5.19. The van der Waals surface area contributed by atoms with Crippen LogP contribution in [0, 0.1) is 9.49 Å². The molecule has 6 heteroatoms. The number of thiocarbonyl (C=S) groups is 1. The molecule has 1 unspecified atom stereocenters. The normalized spacial score (nSPS) is 19.3. The summed E-state index contributed by atoms with van der Waals surface area (Å²) < 4.78 is 1.88. The Balaban J connectivity index is 2.19. The van der Waals surface area contributed by atoms with Crippen LogP contribution in [0.15, 0.2) is 22.7 Å². The third-order valence-corrected chi connectivity index (χ3v) is 4.97. The van der Waals surface area contributed by atoms with E-state index in [0.29, 0.717) is 17.1 Å². The van der Waals surface area contributed by atoms with Gasteiger partial charge < -0.3 is 10.6 Å². The molecule has 102 valence electrons. The van der Waals surface area contributed by atoms with Crippen molar-refractivity contribution in [1.29, 1.82) is 0 Å². The zero-order valence-corrected chi connectivity index (χ0v) is 14.8. The first-order chi connectivity index (χ1) is 8.99. The fraction of sp³-hybridized carbons (Fsp3) is 0.385. The minimum atomic E-state index is 0.0475.